The van der Waals surface area contributed by atoms with Crippen LogP contribution in [0.1, 0.15) is 39.0 Å². The van der Waals surface area contributed by atoms with Crippen molar-refractivity contribution < 1.29 is 14.7 Å². The van der Waals surface area contributed by atoms with Crippen LogP contribution in [0.4, 0.5) is 0 Å². The van der Waals surface area contributed by atoms with Crippen molar-refractivity contribution in [1.29, 1.82) is 0 Å². The fourth-order valence-corrected chi connectivity index (χ4v) is 2.93. The van der Waals surface area contributed by atoms with Crippen LogP contribution < -0.4 is 0 Å². The molecule has 0 aromatic heterocycles. The van der Waals surface area contributed by atoms with Gasteiger partial charge >= 0.3 is 5.97 Å². The molecule has 1 saturated carbocycles. The SMILES string of the molecule is CCN(C(=O)CN1CCC(CCC(=O)O)C1)C1CC1. The molecule has 0 bridgehead atoms. The molecule has 2 rings (SSSR count). The third-order valence-corrected chi connectivity index (χ3v) is 4.14. The number of nitrogens with zero attached hydrogens (tertiary/aromatic N) is 2. The molecule has 0 radical (unpaired) electrons. The van der Waals surface area contributed by atoms with Gasteiger partial charge in [-0.2, -0.15) is 0 Å². The molecule has 1 aliphatic carbocycles. The highest BCUT2D eigenvalue weighted by Crippen LogP contribution is 2.27. The normalized spacial score (nSPS) is 23.5. The van der Waals surface area contributed by atoms with E-state index in [1.54, 1.807) is 0 Å². The maximum Gasteiger partial charge on any atom is 0.303 e. The fraction of sp³-hybridized carbons (Fsp3) is 0.857. The van der Waals surface area contributed by atoms with Crippen LogP contribution in [0.3, 0.4) is 0 Å². The third-order valence-electron chi connectivity index (χ3n) is 4.14. The topological polar surface area (TPSA) is 60.9 Å². The molecule has 0 spiro atoms. The molecule has 0 aromatic carbocycles. The molecule has 108 valence electrons. The minimum atomic E-state index is -0.722. The van der Waals surface area contributed by atoms with Crippen molar-refractivity contribution in [2.75, 3.05) is 26.2 Å². The number of carboxylic acids is 1. The molecular formula is C14H24N2O3. The van der Waals surface area contributed by atoms with E-state index < -0.39 is 5.97 Å². The van der Waals surface area contributed by atoms with E-state index in [4.69, 9.17) is 5.11 Å². The fourth-order valence-electron chi connectivity index (χ4n) is 2.93. The van der Waals surface area contributed by atoms with Gasteiger partial charge < -0.3 is 10.0 Å². The Labute approximate surface area is 114 Å². The van der Waals surface area contributed by atoms with Gasteiger partial charge in [0.05, 0.1) is 6.54 Å². The first-order valence-corrected chi connectivity index (χ1v) is 7.33. The Morgan fingerprint density at radius 2 is 2.05 bits per heavy atom. The molecule has 1 aliphatic heterocycles. The summed E-state index contributed by atoms with van der Waals surface area (Å²) < 4.78 is 0. The molecule has 5 nitrogen and oxygen atoms in total. The molecule has 1 saturated heterocycles. The van der Waals surface area contributed by atoms with Crippen LogP contribution in [0.5, 0.6) is 0 Å². The van der Waals surface area contributed by atoms with Crippen molar-refractivity contribution in [3.8, 4) is 0 Å². The van der Waals surface area contributed by atoms with E-state index in [2.05, 4.69) is 4.90 Å². The second-order valence-electron chi connectivity index (χ2n) is 5.73. The van der Waals surface area contributed by atoms with Crippen molar-refractivity contribution in [1.82, 2.24) is 9.80 Å². The average Bonchev–Trinajstić information content (AvgIpc) is 3.08. The van der Waals surface area contributed by atoms with E-state index in [0.29, 0.717) is 18.5 Å². The van der Waals surface area contributed by atoms with Gasteiger partial charge in [0.1, 0.15) is 0 Å². The van der Waals surface area contributed by atoms with Crippen LogP contribution in [0.2, 0.25) is 0 Å². The summed E-state index contributed by atoms with van der Waals surface area (Å²) in [6.45, 7) is 5.16. The van der Waals surface area contributed by atoms with Gasteiger partial charge in [-0.05, 0) is 45.1 Å². The number of rotatable bonds is 7. The Kier molecular flexibility index (Phi) is 4.80. The molecular weight excluding hydrogens is 244 g/mol. The zero-order chi connectivity index (χ0) is 13.8. The van der Waals surface area contributed by atoms with Crippen LogP contribution in [0.25, 0.3) is 0 Å². The summed E-state index contributed by atoms with van der Waals surface area (Å²) in [7, 11) is 0. The minimum absolute atomic E-state index is 0.240. The van der Waals surface area contributed by atoms with Crippen molar-refractivity contribution >= 4 is 11.9 Å². The minimum Gasteiger partial charge on any atom is -0.481 e. The predicted molar refractivity (Wildman–Crippen MR) is 71.8 cm³/mol. The second kappa shape index (κ2) is 6.37. The van der Waals surface area contributed by atoms with E-state index in [0.717, 1.165) is 45.3 Å². The van der Waals surface area contributed by atoms with Gasteiger partial charge in [0, 0.05) is 25.6 Å². The van der Waals surface area contributed by atoms with Crippen LogP contribution in [0, 0.1) is 5.92 Å². The highest BCUT2D eigenvalue weighted by molar-refractivity contribution is 5.79. The lowest BCUT2D eigenvalue weighted by Gasteiger charge is -2.24. The molecule has 1 heterocycles. The average molecular weight is 268 g/mol. The van der Waals surface area contributed by atoms with Crippen LogP contribution >= 0.6 is 0 Å². The van der Waals surface area contributed by atoms with Gasteiger partial charge in [0.15, 0.2) is 0 Å². The number of carboxylic acid groups (broad SMARTS) is 1. The van der Waals surface area contributed by atoms with E-state index >= 15 is 0 Å². The van der Waals surface area contributed by atoms with Crippen molar-refractivity contribution in [3.05, 3.63) is 0 Å². The number of carbonyl (C=O) groups is 2. The Balaban J connectivity index is 1.71. The summed E-state index contributed by atoms with van der Waals surface area (Å²) in [5.41, 5.74) is 0. The molecule has 1 amide bonds. The molecule has 1 N–H and O–H groups in total. The molecule has 0 aromatic rings. The summed E-state index contributed by atoms with van der Waals surface area (Å²) >= 11 is 0. The predicted octanol–water partition coefficient (Wildman–Crippen LogP) is 1.18. The molecule has 1 atom stereocenters. The van der Waals surface area contributed by atoms with Gasteiger partial charge in [-0.25, -0.2) is 0 Å². The Hall–Kier alpha value is -1.10. The number of hydrogen-bond acceptors (Lipinski definition) is 3. The standard InChI is InChI=1S/C14H24N2O3/c1-2-16(12-4-5-12)13(17)10-15-8-7-11(9-15)3-6-14(18)19/h11-12H,2-10H2,1H3,(H,18,19). The largest absolute Gasteiger partial charge is 0.481 e. The maximum absolute atomic E-state index is 12.2. The van der Waals surface area contributed by atoms with E-state index in [9.17, 15) is 9.59 Å². The zero-order valence-corrected chi connectivity index (χ0v) is 11.7. The molecule has 1 unspecified atom stereocenters. The van der Waals surface area contributed by atoms with Crippen molar-refractivity contribution in [2.45, 2.75) is 45.1 Å². The van der Waals surface area contributed by atoms with Gasteiger partial charge in [-0.15, -0.1) is 0 Å². The summed E-state index contributed by atoms with van der Waals surface area (Å²) in [6, 6.07) is 0.489. The lowest BCUT2D eigenvalue weighted by molar-refractivity contribution is -0.137. The van der Waals surface area contributed by atoms with E-state index in [1.165, 1.54) is 0 Å². The Morgan fingerprint density at radius 1 is 1.32 bits per heavy atom. The lowest BCUT2D eigenvalue weighted by Crippen LogP contribution is -2.40. The Bertz CT molecular complexity index is 342. The highest BCUT2D eigenvalue weighted by atomic mass is 16.4. The molecule has 19 heavy (non-hydrogen) atoms. The van der Waals surface area contributed by atoms with Gasteiger partial charge in [0.2, 0.25) is 5.91 Å². The van der Waals surface area contributed by atoms with Crippen molar-refractivity contribution in [3.63, 3.8) is 0 Å². The number of carbonyl (C=O) groups excluding carboxylic acids is 1. The third kappa shape index (κ3) is 4.20. The van der Waals surface area contributed by atoms with Crippen LogP contribution in [-0.4, -0.2) is 59.0 Å². The first-order valence-electron chi connectivity index (χ1n) is 7.33. The smallest absolute Gasteiger partial charge is 0.303 e. The first-order chi connectivity index (χ1) is 9.10. The van der Waals surface area contributed by atoms with Crippen LogP contribution in [0.15, 0.2) is 0 Å². The van der Waals surface area contributed by atoms with Gasteiger partial charge in [-0.3, -0.25) is 14.5 Å². The number of amides is 1. The molecule has 5 heteroatoms. The first kappa shape index (κ1) is 14.3. The maximum atomic E-state index is 12.2. The number of aliphatic carboxylic acids is 1. The van der Waals surface area contributed by atoms with Gasteiger partial charge in [0.25, 0.3) is 0 Å². The quantitative estimate of drug-likeness (QED) is 0.753. The molecule has 2 fully saturated rings. The summed E-state index contributed by atoms with van der Waals surface area (Å²) in [4.78, 5) is 26.9. The number of likely N-dealkylation sites (N-methyl/N-ethyl adjacent to an activating group) is 1. The zero-order valence-electron chi connectivity index (χ0n) is 11.7. The number of likely N-dealkylation sites (tertiary alicyclic amines) is 1. The summed E-state index contributed by atoms with van der Waals surface area (Å²) in [6.07, 6.45) is 4.31. The monoisotopic (exact) mass is 268 g/mol. The van der Waals surface area contributed by atoms with Crippen molar-refractivity contribution in [2.24, 2.45) is 5.92 Å². The Morgan fingerprint density at radius 3 is 2.63 bits per heavy atom. The van der Waals surface area contributed by atoms with E-state index in [1.807, 2.05) is 11.8 Å². The van der Waals surface area contributed by atoms with Crippen LogP contribution in [-0.2, 0) is 9.59 Å². The summed E-state index contributed by atoms with van der Waals surface area (Å²) in [5.74, 6) is -0.0378. The summed E-state index contributed by atoms with van der Waals surface area (Å²) in [5, 5.41) is 8.68. The molecule has 2 aliphatic rings. The van der Waals surface area contributed by atoms with Gasteiger partial charge in [-0.1, -0.05) is 0 Å². The van der Waals surface area contributed by atoms with E-state index in [-0.39, 0.29) is 12.3 Å². The highest BCUT2D eigenvalue weighted by Gasteiger charge is 2.33. The second-order valence-corrected chi connectivity index (χ2v) is 5.73. The lowest BCUT2D eigenvalue weighted by atomic mass is 10.0. The number of hydrogen-bond donors (Lipinski definition) is 1.